The molecule has 1 heterocycles. The molecule has 124 valence electrons. The number of rotatable bonds is 4. The highest BCUT2D eigenvalue weighted by molar-refractivity contribution is 4.92. The Morgan fingerprint density at radius 1 is 1.14 bits per heavy atom. The van der Waals surface area contributed by atoms with Crippen molar-refractivity contribution in [3.05, 3.63) is 0 Å². The van der Waals surface area contributed by atoms with Crippen molar-refractivity contribution >= 4 is 0 Å². The van der Waals surface area contributed by atoms with Crippen LogP contribution in [0, 0.1) is 17.3 Å². The Balaban J connectivity index is 1.97. The number of nitrogens with one attached hydrogen (secondary N) is 1. The summed E-state index contributed by atoms with van der Waals surface area (Å²) in [6.07, 6.45) is 8.33. The Labute approximate surface area is 132 Å². The van der Waals surface area contributed by atoms with Crippen LogP contribution >= 0.6 is 0 Å². The van der Waals surface area contributed by atoms with E-state index in [0.717, 1.165) is 18.4 Å². The van der Waals surface area contributed by atoms with Crippen molar-refractivity contribution < 1.29 is 4.74 Å². The lowest BCUT2D eigenvalue weighted by molar-refractivity contribution is -0.0331. The first-order valence-electron chi connectivity index (χ1n) is 9.12. The van der Waals surface area contributed by atoms with Crippen LogP contribution in [0.3, 0.4) is 0 Å². The molecule has 0 spiro atoms. The minimum Gasteiger partial charge on any atom is -0.372 e. The predicted molar refractivity (Wildman–Crippen MR) is 90.6 cm³/mol. The van der Waals surface area contributed by atoms with Gasteiger partial charge in [0.05, 0.1) is 11.7 Å². The van der Waals surface area contributed by atoms with E-state index in [1.54, 1.807) is 0 Å². The zero-order chi connectivity index (χ0) is 15.7. The van der Waals surface area contributed by atoms with Gasteiger partial charge in [0.1, 0.15) is 0 Å². The van der Waals surface area contributed by atoms with E-state index in [9.17, 15) is 0 Å². The monoisotopic (exact) mass is 295 g/mol. The fourth-order valence-corrected chi connectivity index (χ4v) is 4.42. The van der Waals surface area contributed by atoms with Gasteiger partial charge >= 0.3 is 0 Å². The molecule has 2 aliphatic rings. The van der Waals surface area contributed by atoms with Gasteiger partial charge in [-0.1, -0.05) is 27.7 Å². The molecule has 1 aliphatic carbocycles. The average Bonchev–Trinajstić information content (AvgIpc) is 2.70. The van der Waals surface area contributed by atoms with Crippen LogP contribution < -0.4 is 5.32 Å². The molecule has 2 rings (SSSR count). The van der Waals surface area contributed by atoms with E-state index in [1.165, 1.54) is 38.5 Å². The lowest BCUT2D eigenvalue weighted by atomic mass is 9.66. The summed E-state index contributed by atoms with van der Waals surface area (Å²) in [7, 11) is 0. The zero-order valence-corrected chi connectivity index (χ0v) is 15.2. The first-order chi connectivity index (χ1) is 9.71. The topological polar surface area (TPSA) is 21.3 Å². The van der Waals surface area contributed by atoms with Gasteiger partial charge in [0.2, 0.25) is 0 Å². The van der Waals surface area contributed by atoms with Crippen molar-refractivity contribution in [2.45, 2.75) is 97.8 Å². The molecule has 0 aromatic carbocycles. The summed E-state index contributed by atoms with van der Waals surface area (Å²) in [5, 5.41) is 3.75. The Morgan fingerprint density at radius 2 is 1.86 bits per heavy atom. The van der Waals surface area contributed by atoms with Gasteiger partial charge in [0, 0.05) is 6.04 Å². The van der Waals surface area contributed by atoms with Gasteiger partial charge in [0.15, 0.2) is 0 Å². The van der Waals surface area contributed by atoms with Crippen LogP contribution in [0.2, 0.25) is 0 Å². The molecule has 4 unspecified atom stereocenters. The second-order valence-corrected chi connectivity index (χ2v) is 9.07. The van der Waals surface area contributed by atoms with Crippen LogP contribution in [0.15, 0.2) is 0 Å². The first kappa shape index (κ1) is 17.3. The number of hydrogen-bond donors (Lipinski definition) is 1. The number of hydrogen-bond acceptors (Lipinski definition) is 2. The lowest BCUT2D eigenvalue weighted by Gasteiger charge is -2.43. The highest BCUT2D eigenvalue weighted by Gasteiger charge is 2.39. The minimum absolute atomic E-state index is 0.108. The van der Waals surface area contributed by atoms with Gasteiger partial charge in [-0.15, -0.1) is 0 Å². The maximum absolute atomic E-state index is 6.27. The quantitative estimate of drug-likeness (QED) is 0.806. The van der Waals surface area contributed by atoms with Gasteiger partial charge < -0.3 is 10.1 Å². The molecule has 1 N–H and O–H groups in total. The molecule has 0 amide bonds. The average molecular weight is 296 g/mol. The van der Waals surface area contributed by atoms with E-state index in [1.807, 2.05) is 0 Å². The normalized spacial score (nSPS) is 36.9. The standard InChI is InChI=1S/C19H37NO/c1-7-20-17-9-8-15(18(2,3)4)12-14(17)13-16-10-11-19(5,6)21-16/h14-17,20H,7-13H2,1-6H3. The SMILES string of the molecule is CCNC1CCC(C(C)(C)C)CC1CC1CCC(C)(C)O1. The fourth-order valence-electron chi connectivity index (χ4n) is 4.42. The zero-order valence-electron chi connectivity index (χ0n) is 15.2. The molecule has 2 heteroatoms. The summed E-state index contributed by atoms with van der Waals surface area (Å²) in [4.78, 5) is 0. The minimum atomic E-state index is 0.108. The molecule has 2 fully saturated rings. The molecule has 4 atom stereocenters. The highest BCUT2D eigenvalue weighted by Crippen LogP contribution is 2.43. The van der Waals surface area contributed by atoms with Crippen molar-refractivity contribution in [2.24, 2.45) is 17.3 Å². The molecule has 1 saturated carbocycles. The molecular weight excluding hydrogens is 258 g/mol. The summed E-state index contributed by atoms with van der Waals surface area (Å²) in [5.41, 5.74) is 0.557. The summed E-state index contributed by atoms with van der Waals surface area (Å²) in [5.74, 6) is 1.66. The molecule has 1 aliphatic heterocycles. The van der Waals surface area contributed by atoms with Gasteiger partial charge in [-0.25, -0.2) is 0 Å². The molecule has 0 aromatic heterocycles. The maximum Gasteiger partial charge on any atom is 0.0631 e. The van der Waals surface area contributed by atoms with Gasteiger partial charge in [-0.05, 0) is 76.2 Å². The first-order valence-corrected chi connectivity index (χ1v) is 9.12. The fraction of sp³-hybridized carbons (Fsp3) is 1.00. The molecular formula is C19H37NO. The van der Waals surface area contributed by atoms with Crippen LogP contribution in [-0.2, 0) is 4.74 Å². The summed E-state index contributed by atoms with van der Waals surface area (Å²) >= 11 is 0. The van der Waals surface area contributed by atoms with Crippen LogP contribution in [0.5, 0.6) is 0 Å². The molecule has 0 aromatic rings. The molecule has 1 saturated heterocycles. The Kier molecular flexibility index (Phi) is 5.41. The van der Waals surface area contributed by atoms with Gasteiger partial charge in [0.25, 0.3) is 0 Å². The van der Waals surface area contributed by atoms with Crippen molar-refractivity contribution in [1.82, 2.24) is 5.32 Å². The van der Waals surface area contributed by atoms with Gasteiger partial charge in [-0.2, -0.15) is 0 Å². The summed E-state index contributed by atoms with van der Waals surface area (Å²) in [6, 6.07) is 0.709. The smallest absolute Gasteiger partial charge is 0.0631 e. The molecule has 0 radical (unpaired) electrons. The lowest BCUT2D eigenvalue weighted by Crippen LogP contribution is -2.44. The van der Waals surface area contributed by atoms with E-state index in [0.29, 0.717) is 17.6 Å². The molecule has 2 nitrogen and oxygen atoms in total. The van der Waals surface area contributed by atoms with Crippen LogP contribution in [0.1, 0.15) is 80.1 Å². The van der Waals surface area contributed by atoms with Crippen molar-refractivity contribution in [2.75, 3.05) is 6.54 Å². The van der Waals surface area contributed by atoms with Crippen LogP contribution in [0.25, 0.3) is 0 Å². The summed E-state index contributed by atoms with van der Waals surface area (Å²) in [6.45, 7) is 15.1. The van der Waals surface area contributed by atoms with E-state index >= 15 is 0 Å². The third kappa shape index (κ3) is 4.69. The summed E-state index contributed by atoms with van der Waals surface area (Å²) < 4.78 is 6.27. The predicted octanol–water partition coefficient (Wildman–Crippen LogP) is 4.77. The van der Waals surface area contributed by atoms with Crippen LogP contribution in [-0.4, -0.2) is 24.3 Å². The third-order valence-corrected chi connectivity index (χ3v) is 5.79. The van der Waals surface area contributed by atoms with E-state index < -0.39 is 0 Å². The molecule has 0 bridgehead atoms. The second kappa shape index (κ2) is 6.58. The number of ether oxygens (including phenoxy) is 1. The Morgan fingerprint density at radius 3 is 2.38 bits per heavy atom. The largest absolute Gasteiger partial charge is 0.372 e. The van der Waals surface area contributed by atoms with Crippen LogP contribution in [0.4, 0.5) is 0 Å². The van der Waals surface area contributed by atoms with Crippen molar-refractivity contribution in [3.63, 3.8) is 0 Å². The van der Waals surface area contributed by atoms with E-state index in [4.69, 9.17) is 4.74 Å². The van der Waals surface area contributed by atoms with Gasteiger partial charge in [-0.3, -0.25) is 0 Å². The van der Waals surface area contributed by atoms with E-state index in [2.05, 4.69) is 46.9 Å². The van der Waals surface area contributed by atoms with Crippen molar-refractivity contribution in [3.8, 4) is 0 Å². The second-order valence-electron chi connectivity index (χ2n) is 9.07. The van der Waals surface area contributed by atoms with Crippen molar-refractivity contribution in [1.29, 1.82) is 0 Å². The maximum atomic E-state index is 6.27. The Bertz CT molecular complexity index is 331. The Hall–Kier alpha value is -0.0800. The molecule has 21 heavy (non-hydrogen) atoms. The highest BCUT2D eigenvalue weighted by atomic mass is 16.5. The third-order valence-electron chi connectivity index (χ3n) is 5.79. The van der Waals surface area contributed by atoms with E-state index in [-0.39, 0.29) is 5.60 Å².